The number of benzene rings is 2. The van der Waals surface area contributed by atoms with Crippen LogP contribution in [0.5, 0.6) is 5.75 Å². The van der Waals surface area contributed by atoms with Crippen molar-refractivity contribution in [3.05, 3.63) is 71.9 Å². The van der Waals surface area contributed by atoms with Crippen LogP contribution in [0.4, 0.5) is 0 Å². The van der Waals surface area contributed by atoms with E-state index >= 15 is 0 Å². The molecule has 2 amide bonds. The number of hydrogen-bond donors (Lipinski definition) is 1. The van der Waals surface area contributed by atoms with E-state index < -0.39 is 5.91 Å². The molecule has 0 aliphatic carbocycles. The molecular weight excluding hydrogens is 516 g/mol. The maximum Gasteiger partial charge on any atom is 0.283 e. The first-order valence-corrected chi connectivity index (χ1v) is 13.5. The average Bonchev–Trinajstić information content (AvgIpc) is 3.53. The van der Waals surface area contributed by atoms with E-state index in [-0.39, 0.29) is 23.7 Å². The van der Waals surface area contributed by atoms with Gasteiger partial charge in [0.15, 0.2) is 5.84 Å². The van der Waals surface area contributed by atoms with E-state index in [1.54, 1.807) is 11.0 Å². The lowest BCUT2D eigenvalue weighted by atomic mass is 10.1. The summed E-state index contributed by atoms with van der Waals surface area (Å²) in [5.41, 5.74) is 1.95. The number of hydrogen-bond acceptors (Lipinski definition) is 7. The third kappa shape index (κ3) is 5.23. The second-order valence-electron chi connectivity index (χ2n) is 9.14. The Hall–Kier alpha value is -4.22. The van der Waals surface area contributed by atoms with Crippen molar-refractivity contribution in [2.24, 2.45) is 10.1 Å². The van der Waals surface area contributed by atoms with Crippen molar-refractivity contribution < 1.29 is 19.1 Å². The molecule has 0 atom stereocenters. The predicted octanol–water partition coefficient (Wildman–Crippen LogP) is 3.59. The number of rotatable bonds is 7. The van der Waals surface area contributed by atoms with Crippen molar-refractivity contribution in [2.75, 3.05) is 32.9 Å². The van der Waals surface area contributed by atoms with Crippen LogP contribution in [-0.4, -0.2) is 75.2 Å². The highest BCUT2D eigenvalue weighted by Gasteiger charge is 2.36. The zero-order valence-corrected chi connectivity index (χ0v) is 21.9. The highest BCUT2D eigenvalue weighted by Crippen LogP contribution is 2.31. The number of nitrogens with one attached hydrogen (secondary N) is 1. The Labute approximate surface area is 229 Å². The topological polar surface area (TPSA) is 113 Å². The fourth-order valence-electron chi connectivity index (χ4n) is 4.67. The van der Waals surface area contributed by atoms with E-state index in [2.05, 4.69) is 14.7 Å². The van der Waals surface area contributed by atoms with Gasteiger partial charge in [-0.2, -0.15) is 15.1 Å². The molecule has 0 spiro atoms. The van der Waals surface area contributed by atoms with Crippen LogP contribution < -0.4 is 4.74 Å². The summed E-state index contributed by atoms with van der Waals surface area (Å²) in [6.07, 6.45) is 3.75. The summed E-state index contributed by atoms with van der Waals surface area (Å²) in [6.45, 7) is 3.23. The van der Waals surface area contributed by atoms with Crippen molar-refractivity contribution >= 4 is 56.6 Å². The number of aliphatic imine (C=N–C) groups is 1. The van der Waals surface area contributed by atoms with Crippen LogP contribution in [0.25, 0.3) is 17.0 Å². The molecule has 198 valence electrons. The van der Waals surface area contributed by atoms with Crippen LogP contribution in [0.1, 0.15) is 12.0 Å². The summed E-state index contributed by atoms with van der Waals surface area (Å²) in [7, 11) is 0. The van der Waals surface area contributed by atoms with Gasteiger partial charge in [0.05, 0.1) is 31.8 Å². The largest absolute Gasteiger partial charge is 0.492 e. The zero-order valence-electron chi connectivity index (χ0n) is 21.1. The van der Waals surface area contributed by atoms with E-state index in [4.69, 9.17) is 14.9 Å². The van der Waals surface area contributed by atoms with Crippen LogP contribution in [0.3, 0.4) is 0 Å². The first-order chi connectivity index (χ1) is 19.1. The molecule has 11 heteroatoms. The number of nitrogens with zero attached hydrogens (tertiary/aromatic N) is 5. The number of thioether (sulfide) groups is 1. The van der Waals surface area contributed by atoms with Crippen molar-refractivity contribution in [3.8, 4) is 5.75 Å². The number of aromatic nitrogens is 1. The summed E-state index contributed by atoms with van der Waals surface area (Å²) in [4.78, 5) is 31.6. The molecule has 3 aromatic rings. The predicted molar refractivity (Wildman–Crippen MR) is 151 cm³/mol. The van der Waals surface area contributed by atoms with Crippen LogP contribution >= 0.6 is 11.8 Å². The second kappa shape index (κ2) is 10.9. The molecule has 1 aromatic heterocycles. The van der Waals surface area contributed by atoms with Gasteiger partial charge in [0.1, 0.15) is 17.4 Å². The van der Waals surface area contributed by atoms with Gasteiger partial charge < -0.3 is 18.9 Å². The minimum atomic E-state index is -0.501. The standard InChI is InChI=1S/C28H26N6O4S/c29-26-22(27(36)30-28-34(26)31-24(39-28)17-25(35)32-10-13-37-14-11-32)16-19-18-33(23-9-5-4-8-21(19)23)12-15-38-20-6-2-1-3-7-20/h1-9,16,18,29H,10-15,17H2/b22-16+,29-26?. The third-order valence-corrected chi connectivity index (χ3v) is 7.53. The molecule has 1 fully saturated rings. The molecule has 10 nitrogen and oxygen atoms in total. The Balaban J connectivity index is 1.21. The molecule has 6 rings (SSSR count). The fourth-order valence-corrected chi connectivity index (χ4v) is 5.54. The molecule has 0 saturated carbocycles. The van der Waals surface area contributed by atoms with E-state index in [0.717, 1.165) is 34.0 Å². The maximum atomic E-state index is 13.0. The molecule has 1 saturated heterocycles. The number of carbonyl (C=O) groups is 2. The lowest BCUT2D eigenvalue weighted by Gasteiger charge is -2.26. The van der Waals surface area contributed by atoms with Crippen LogP contribution in [0, 0.1) is 5.41 Å². The average molecular weight is 543 g/mol. The first kappa shape index (κ1) is 25.1. The summed E-state index contributed by atoms with van der Waals surface area (Å²) >= 11 is 1.16. The lowest BCUT2D eigenvalue weighted by molar-refractivity contribution is -0.133. The van der Waals surface area contributed by atoms with Crippen LogP contribution in [0.2, 0.25) is 0 Å². The highest BCUT2D eigenvalue weighted by molar-refractivity contribution is 8.27. The zero-order chi connectivity index (χ0) is 26.8. The van der Waals surface area contributed by atoms with Gasteiger partial charge in [0, 0.05) is 35.8 Å². The number of para-hydroxylation sites is 2. The quantitative estimate of drug-likeness (QED) is 0.457. The molecule has 0 radical (unpaired) electrons. The van der Waals surface area contributed by atoms with Gasteiger partial charge in [-0.3, -0.25) is 15.0 Å². The number of amides is 2. The number of carbonyl (C=O) groups excluding carboxylic acids is 2. The van der Waals surface area contributed by atoms with Gasteiger partial charge in [0.2, 0.25) is 11.1 Å². The molecule has 3 aliphatic rings. The summed E-state index contributed by atoms with van der Waals surface area (Å²) in [5.74, 6) is 0.193. The molecule has 2 aromatic carbocycles. The SMILES string of the molecule is N=C1/C(=C\c2cn(CCOc3ccccc3)c3ccccc23)C(=O)N=C2SC(CC(=O)N3CCOCC3)=NN12. The number of ether oxygens (including phenoxy) is 2. The van der Waals surface area contributed by atoms with E-state index in [1.165, 1.54) is 5.01 Å². The molecular formula is C28H26N6O4S. The maximum absolute atomic E-state index is 13.0. The Morgan fingerprint density at radius 2 is 1.87 bits per heavy atom. The summed E-state index contributed by atoms with van der Waals surface area (Å²) < 4.78 is 13.3. The Kier molecular flexibility index (Phi) is 6.99. The van der Waals surface area contributed by atoms with Crippen LogP contribution in [-0.2, 0) is 20.9 Å². The summed E-state index contributed by atoms with van der Waals surface area (Å²) in [5, 5.41) is 16.3. The molecule has 0 bridgehead atoms. The smallest absolute Gasteiger partial charge is 0.283 e. The number of hydrazone groups is 1. The van der Waals surface area contributed by atoms with Gasteiger partial charge in [0.25, 0.3) is 5.91 Å². The van der Waals surface area contributed by atoms with Crippen molar-refractivity contribution in [1.29, 1.82) is 5.41 Å². The van der Waals surface area contributed by atoms with E-state index in [0.29, 0.717) is 49.7 Å². The first-order valence-electron chi connectivity index (χ1n) is 12.7. The summed E-state index contributed by atoms with van der Waals surface area (Å²) in [6, 6.07) is 17.6. The fraction of sp³-hybridized carbons (Fsp3) is 0.250. The minimum absolute atomic E-state index is 0.0531. The Morgan fingerprint density at radius 1 is 1.10 bits per heavy atom. The van der Waals surface area contributed by atoms with E-state index in [1.807, 2.05) is 60.8 Å². The third-order valence-electron chi connectivity index (χ3n) is 6.63. The molecule has 3 aliphatic heterocycles. The van der Waals surface area contributed by atoms with Crippen LogP contribution in [0.15, 0.2) is 76.5 Å². The molecule has 39 heavy (non-hydrogen) atoms. The Morgan fingerprint density at radius 3 is 2.69 bits per heavy atom. The van der Waals surface area contributed by atoms with Crippen molar-refractivity contribution in [3.63, 3.8) is 0 Å². The van der Waals surface area contributed by atoms with Gasteiger partial charge in [-0.1, -0.05) is 36.4 Å². The number of fused-ring (bicyclic) bond motifs is 2. The number of morpholine rings is 1. The minimum Gasteiger partial charge on any atom is -0.492 e. The van der Waals surface area contributed by atoms with Gasteiger partial charge in [-0.05, 0) is 36.0 Å². The van der Waals surface area contributed by atoms with Crippen molar-refractivity contribution in [2.45, 2.75) is 13.0 Å². The highest BCUT2D eigenvalue weighted by atomic mass is 32.2. The number of amidine groups is 2. The monoisotopic (exact) mass is 542 g/mol. The van der Waals surface area contributed by atoms with Gasteiger partial charge in [-0.25, -0.2) is 0 Å². The Bertz CT molecular complexity index is 1540. The van der Waals surface area contributed by atoms with Gasteiger partial charge in [-0.15, -0.1) is 0 Å². The van der Waals surface area contributed by atoms with Crippen molar-refractivity contribution in [1.82, 2.24) is 14.5 Å². The lowest BCUT2D eigenvalue weighted by Crippen LogP contribution is -2.41. The molecule has 0 unspecified atom stereocenters. The molecule has 4 heterocycles. The van der Waals surface area contributed by atoms with E-state index in [9.17, 15) is 9.59 Å². The molecule has 1 N–H and O–H groups in total. The van der Waals surface area contributed by atoms with Gasteiger partial charge >= 0.3 is 0 Å². The normalized spacial score (nSPS) is 18.4. The second-order valence-corrected chi connectivity index (χ2v) is 10.2.